The molecule has 1 aromatic heterocycles. The lowest BCUT2D eigenvalue weighted by molar-refractivity contribution is 0.0691. The molecule has 22 heavy (non-hydrogen) atoms. The fourth-order valence-corrected chi connectivity index (χ4v) is 2.48. The van der Waals surface area contributed by atoms with Crippen LogP contribution in [0.2, 0.25) is 15.1 Å². The SMILES string of the molecule is CNOc1c(Cl)ccc(-c2cc(N)c(Cl)c(C(=O)O)n2)c1Cl. The van der Waals surface area contributed by atoms with Gasteiger partial charge in [0.2, 0.25) is 0 Å². The van der Waals surface area contributed by atoms with Crippen LogP contribution < -0.4 is 16.1 Å². The summed E-state index contributed by atoms with van der Waals surface area (Å²) in [6.45, 7) is 0. The van der Waals surface area contributed by atoms with Gasteiger partial charge in [-0.15, -0.1) is 0 Å². The summed E-state index contributed by atoms with van der Waals surface area (Å²) in [7, 11) is 1.54. The third kappa shape index (κ3) is 3.05. The summed E-state index contributed by atoms with van der Waals surface area (Å²) in [6, 6.07) is 4.55. The monoisotopic (exact) mass is 361 g/mol. The predicted octanol–water partition coefficient (Wildman–Crippen LogP) is 3.50. The first kappa shape index (κ1) is 16.6. The number of carbonyl (C=O) groups is 1. The Labute approximate surface area is 140 Å². The minimum Gasteiger partial charge on any atom is -0.476 e. The number of hydroxylamine groups is 1. The van der Waals surface area contributed by atoms with Crippen LogP contribution >= 0.6 is 34.8 Å². The van der Waals surface area contributed by atoms with Gasteiger partial charge in [-0.25, -0.2) is 9.78 Å². The molecule has 0 bridgehead atoms. The summed E-state index contributed by atoms with van der Waals surface area (Å²) in [4.78, 5) is 20.3. The third-order valence-corrected chi connectivity index (χ3v) is 3.79. The molecule has 0 saturated heterocycles. The van der Waals surface area contributed by atoms with E-state index in [2.05, 4.69) is 10.5 Å². The maximum Gasteiger partial charge on any atom is 0.356 e. The molecule has 0 fully saturated rings. The highest BCUT2D eigenvalue weighted by Gasteiger charge is 2.19. The number of nitrogens with zero attached hydrogens (tertiary/aromatic N) is 1. The molecule has 0 atom stereocenters. The van der Waals surface area contributed by atoms with Crippen molar-refractivity contribution in [2.24, 2.45) is 0 Å². The van der Waals surface area contributed by atoms with Crippen molar-refractivity contribution >= 4 is 46.5 Å². The van der Waals surface area contributed by atoms with Gasteiger partial charge in [-0.05, 0) is 18.2 Å². The second-order valence-corrected chi connectivity index (χ2v) is 5.27. The lowest BCUT2D eigenvalue weighted by Crippen LogP contribution is -2.12. The molecule has 0 radical (unpaired) electrons. The number of halogens is 3. The number of hydrogen-bond acceptors (Lipinski definition) is 5. The molecule has 0 spiro atoms. The molecule has 1 heterocycles. The molecule has 116 valence electrons. The van der Waals surface area contributed by atoms with E-state index in [4.69, 9.17) is 50.5 Å². The summed E-state index contributed by atoms with van der Waals surface area (Å²) in [6.07, 6.45) is 0. The van der Waals surface area contributed by atoms with Gasteiger partial charge in [0.25, 0.3) is 0 Å². The number of hydrogen-bond donors (Lipinski definition) is 3. The first-order valence-corrected chi connectivity index (χ1v) is 7.01. The van der Waals surface area contributed by atoms with Crippen molar-refractivity contribution in [1.29, 1.82) is 0 Å². The molecular weight excluding hydrogens is 353 g/mol. The topological polar surface area (TPSA) is 97.5 Å². The van der Waals surface area contributed by atoms with Crippen molar-refractivity contribution in [2.45, 2.75) is 0 Å². The smallest absolute Gasteiger partial charge is 0.356 e. The maximum atomic E-state index is 11.2. The zero-order valence-electron chi connectivity index (χ0n) is 11.2. The predicted molar refractivity (Wildman–Crippen MR) is 85.8 cm³/mol. The van der Waals surface area contributed by atoms with Gasteiger partial charge in [-0.1, -0.05) is 34.8 Å². The Morgan fingerprint density at radius 1 is 1.32 bits per heavy atom. The Morgan fingerprint density at radius 3 is 2.59 bits per heavy atom. The molecule has 2 rings (SSSR count). The number of aromatic carboxylic acids is 1. The molecule has 1 aromatic carbocycles. The van der Waals surface area contributed by atoms with E-state index < -0.39 is 5.97 Å². The van der Waals surface area contributed by atoms with Crippen LogP contribution in [0.3, 0.4) is 0 Å². The summed E-state index contributed by atoms with van der Waals surface area (Å²) in [5, 5.41) is 9.43. The van der Waals surface area contributed by atoms with E-state index in [9.17, 15) is 4.79 Å². The van der Waals surface area contributed by atoms with Crippen LogP contribution in [0.4, 0.5) is 5.69 Å². The number of rotatable bonds is 4. The summed E-state index contributed by atoms with van der Waals surface area (Å²) < 4.78 is 0. The number of benzene rings is 1. The summed E-state index contributed by atoms with van der Waals surface area (Å²) in [5.74, 6) is -1.11. The van der Waals surface area contributed by atoms with Crippen LogP contribution in [0.25, 0.3) is 11.3 Å². The van der Waals surface area contributed by atoms with E-state index in [0.29, 0.717) is 5.56 Å². The van der Waals surface area contributed by atoms with E-state index in [1.807, 2.05) is 0 Å². The molecule has 0 aliphatic rings. The minimum absolute atomic E-state index is 0.0752. The second-order valence-electron chi connectivity index (χ2n) is 4.11. The lowest BCUT2D eigenvalue weighted by Gasteiger charge is -2.12. The van der Waals surface area contributed by atoms with Crippen LogP contribution in [0.5, 0.6) is 5.75 Å². The highest BCUT2D eigenvalue weighted by molar-refractivity contribution is 6.39. The number of nitrogen functional groups attached to an aromatic ring is 1. The first-order valence-electron chi connectivity index (χ1n) is 5.88. The molecule has 0 aliphatic heterocycles. The maximum absolute atomic E-state index is 11.2. The second kappa shape index (κ2) is 6.58. The van der Waals surface area contributed by atoms with E-state index in [1.54, 1.807) is 19.2 Å². The van der Waals surface area contributed by atoms with Gasteiger partial charge >= 0.3 is 5.97 Å². The molecule has 4 N–H and O–H groups in total. The molecule has 0 aliphatic carbocycles. The molecule has 9 heteroatoms. The van der Waals surface area contributed by atoms with Crippen molar-refractivity contribution in [2.75, 3.05) is 12.8 Å². The molecule has 2 aromatic rings. The minimum atomic E-state index is -1.30. The quantitative estimate of drug-likeness (QED) is 0.720. The number of anilines is 1. The standard InChI is InChI=1S/C13H10Cl3N3O3/c1-18-22-12-6(14)3-2-5(9(12)15)8-4-7(17)10(16)11(19-8)13(20)21/h2-4,18H,1H3,(H2,17,19)(H,20,21). The summed E-state index contributed by atoms with van der Waals surface area (Å²) in [5.41, 5.74) is 8.55. The fraction of sp³-hybridized carbons (Fsp3) is 0.0769. The largest absolute Gasteiger partial charge is 0.476 e. The molecule has 0 unspecified atom stereocenters. The number of aromatic nitrogens is 1. The van der Waals surface area contributed by atoms with Crippen LogP contribution in [0.1, 0.15) is 10.5 Å². The van der Waals surface area contributed by atoms with Crippen molar-refractivity contribution in [3.8, 4) is 17.0 Å². The number of carboxylic acids is 1. The van der Waals surface area contributed by atoms with Gasteiger partial charge in [0.1, 0.15) is 0 Å². The number of nitrogens with two attached hydrogens (primary N) is 1. The van der Waals surface area contributed by atoms with Crippen LogP contribution in [0, 0.1) is 0 Å². The molecule has 0 amide bonds. The van der Waals surface area contributed by atoms with E-state index in [-0.39, 0.29) is 37.9 Å². The van der Waals surface area contributed by atoms with Crippen LogP contribution in [-0.2, 0) is 0 Å². The number of carboxylic acid groups (broad SMARTS) is 1. The summed E-state index contributed by atoms with van der Waals surface area (Å²) >= 11 is 18.1. The zero-order chi connectivity index (χ0) is 16.4. The number of nitrogens with one attached hydrogen (secondary N) is 1. The van der Waals surface area contributed by atoms with E-state index in [0.717, 1.165) is 0 Å². The van der Waals surface area contributed by atoms with Gasteiger partial charge in [0.05, 0.1) is 26.4 Å². The zero-order valence-corrected chi connectivity index (χ0v) is 13.4. The average molecular weight is 363 g/mol. The van der Waals surface area contributed by atoms with E-state index >= 15 is 0 Å². The fourth-order valence-electron chi connectivity index (χ4n) is 1.75. The normalized spacial score (nSPS) is 10.5. The Balaban J connectivity index is 2.67. The lowest BCUT2D eigenvalue weighted by atomic mass is 10.1. The molecule has 6 nitrogen and oxygen atoms in total. The third-order valence-electron chi connectivity index (χ3n) is 2.72. The Hall–Kier alpha value is -1.73. The van der Waals surface area contributed by atoms with E-state index in [1.165, 1.54) is 6.07 Å². The molecular formula is C13H10Cl3N3O3. The van der Waals surface area contributed by atoms with Crippen molar-refractivity contribution < 1.29 is 14.7 Å². The van der Waals surface area contributed by atoms with Crippen molar-refractivity contribution in [3.63, 3.8) is 0 Å². The Bertz CT molecular complexity index is 753. The van der Waals surface area contributed by atoms with Crippen LogP contribution in [-0.4, -0.2) is 23.1 Å². The van der Waals surface area contributed by atoms with Gasteiger partial charge < -0.3 is 15.7 Å². The van der Waals surface area contributed by atoms with Crippen molar-refractivity contribution in [1.82, 2.24) is 10.5 Å². The average Bonchev–Trinajstić information content (AvgIpc) is 2.46. The van der Waals surface area contributed by atoms with Crippen molar-refractivity contribution in [3.05, 3.63) is 39.0 Å². The number of pyridine rings is 1. The van der Waals surface area contributed by atoms with Gasteiger partial charge in [-0.3, -0.25) is 0 Å². The highest BCUT2D eigenvalue weighted by atomic mass is 35.5. The first-order chi connectivity index (χ1) is 10.4. The van der Waals surface area contributed by atoms with Gasteiger partial charge in [0.15, 0.2) is 11.4 Å². The Kier molecular flexibility index (Phi) is 4.97. The Morgan fingerprint density at radius 2 is 2.00 bits per heavy atom. The van der Waals surface area contributed by atoms with Gasteiger partial charge in [-0.2, -0.15) is 5.48 Å². The van der Waals surface area contributed by atoms with Gasteiger partial charge in [0, 0.05) is 12.6 Å². The molecule has 0 saturated carbocycles. The van der Waals surface area contributed by atoms with Crippen LogP contribution in [0.15, 0.2) is 18.2 Å². The highest BCUT2D eigenvalue weighted by Crippen LogP contribution is 2.40.